The summed E-state index contributed by atoms with van der Waals surface area (Å²) in [6.07, 6.45) is 5.00. The molecule has 0 aliphatic heterocycles. The standard InChI is InChI=1S/C9H10N4S/c1-6(10)8-5-14-9(13-8)7-4-11-2-3-12-7/h2-6H,10H2,1H3. The van der Waals surface area contributed by atoms with Crippen LogP contribution in [0.4, 0.5) is 0 Å². The van der Waals surface area contributed by atoms with Crippen molar-refractivity contribution in [3.63, 3.8) is 0 Å². The van der Waals surface area contributed by atoms with E-state index in [4.69, 9.17) is 5.73 Å². The van der Waals surface area contributed by atoms with Gasteiger partial charge in [-0.05, 0) is 6.92 Å². The molecule has 0 amide bonds. The number of nitrogens with zero attached hydrogens (tertiary/aromatic N) is 3. The van der Waals surface area contributed by atoms with Crippen molar-refractivity contribution in [2.24, 2.45) is 5.73 Å². The number of thiazole rings is 1. The van der Waals surface area contributed by atoms with Crippen LogP contribution in [0.3, 0.4) is 0 Å². The van der Waals surface area contributed by atoms with Gasteiger partial charge in [-0.1, -0.05) is 0 Å². The highest BCUT2D eigenvalue weighted by Gasteiger charge is 2.07. The Balaban J connectivity index is 2.34. The van der Waals surface area contributed by atoms with Gasteiger partial charge in [0.1, 0.15) is 10.7 Å². The van der Waals surface area contributed by atoms with E-state index in [-0.39, 0.29) is 6.04 Å². The maximum atomic E-state index is 5.71. The summed E-state index contributed by atoms with van der Waals surface area (Å²) in [6, 6.07) is -0.0309. The molecule has 2 aromatic rings. The molecule has 5 heteroatoms. The van der Waals surface area contributed by atoms with Crippen molar-refractivity contribution in [1.82, 2.24) is 15.0 Å². The first kappa shape index (κ1) is 9.23. The molecule has 0 bridgehead atoms. The Morgan fingerprint density at radius 3 is 2.86 bits per heavy atom. The molecule has 14 heavy (non-hydrogen) atoms. The minimum absolute atomic E-state index is 0.0309. The number of nitrogens with two attached hydrogens (primary N) is 1. The van der Waals surface area contributed by atoms with E-state index in [1.807, 2.05) is 12.3 Å². The van der Waals surface area contributed by atoms with Crippen molar-refractivity contribution in [1.29, 1.82) is 0 Å². The van der Waals surface area contributed by atoms with Crippen LogP contribution in [0.2, 0.25) is 0 Å². The smallest absolute Gasteiger partial charge is 0.143 e. The largest absolute Gasteiger partial charge is 0.323 e. The lowest BCUT2D eigenvalue weighted by atomic mass is 10.3. The summed E-state index contributed by atoms with van der Waals surface area (Å²) in [5.41, 5.74) is 7.41. The maximum absolute atomic E-state index is 5.71. The average Bonchev–Trinajstić information content (AvgIpc) is 2.68. The third kappa shape index (κ3) is 1.78. The SMILES string of the molecule is CC(N)c1csc(-c2cnccn2)n1. The van der Waals surface area contributed by atoms with Gasteiger partial charge in [-0.15, -0.1) is 11.3 Å². The summed E-state index contributed by atoms with van der Waals surface area (Å²) in [7, 11) is 0. The Kier molecular flexibility index (Phi) is 2.51. The molecule has 0 saturated heterocycles. The first-order chi connectivity index (χ1) is 6.77. The second-order valence-electron chi connectivity index (χ2n) is 2.96. The van der Waals surface area contributed by atoms with Crippen LogP contribution in [0.5, 0.6) is 0 Å². The molecule has 1 atom stereocenters. The zero-order chi connectivity index (χ0) is 9.97. The molecule has 0 fully saturated rings. The van der Waals surface area contributed by atoms with E-state index in [2.05, 4.69) is 15.0 Å². The van der Waals surface area contributed by atoms with Crippen LogP contribution in [-0.2, 0) is 0 Å². The van der Waals surface area contributed by atoms with Crippen molar-refractivity contribution in [2.75, 3.05) is 0 Å². The van der Waals surface area contributed by atoms with Gasteiger partial charge < -0.3 is 5.73 Å². The second kappa shape index (κ2) is 3.81. The summed E-state index contributed by atoms with van der Waals surface area (Å²) in [4.78, 5) is 12.5. The topological polar surface area (TPSA) is 64.7 Å². The van der Waals surface area contributed by atoms with E-state index in [1.165, 1.54) is 11.3 Å². The average molecular weight is 206 g/mol. The van der Waals surface area contributed by atoms with Gasteiger partial charge in [0.05, 0.1) is 11.9 Å². The van der Waals surface area contributed by atoms with Gasteiger partial charge in [0.25, 0.3) is 0 Å². The van der Waals surface area contributed by atoms with Gasteiger partial charge in [0.15, 0.2) is 0 Å². The molecule has 1 unspecified atom stereocenters. The summed E-state index contributed by atoms with van der Waals surface area (Å²) in [6.45, 7) is 1.91. The van der Waals surface area contributed by atoms with E-state index in [0.717, 1.165) is 16.4 Å². The summed E-state index contributed by atoms with van der Waals surface area (Å²) >= 11 is 1.54. The van der Waals surface area contributed by atoms with Crippen LogP contribution < -0.4 is 5.73 Å². The molecule has 2 aromatic heterocycles. The minimum atomic E-state index is -0.0309. The van der Waals surface area contributed by atoms with E-state index < -0.39 is 0 Å². The number of hydrogen-bond donors (Lipinski definition) is 1. The van der Waals surface area contributed by atoms with Crippen molar-refractivity contribution in [2.45, 2.75) is 13.0 Å². The molecule has 0 radical (unpaired) electrons. The molecule has 2 N–H and O–H groups in total. The molecule has 4 nitrogen and oxygen atoms in total. The van der Waals surface area contributed by atoms with Crippen LogP contribution >= 0.6 is 11.3 Å². The zero-order valence-electron chi connectivity index (χ0n) is 7.71. The summed E-state index contributed by atoms with van der Waals surface area (Å²) in [5, 5.41) is 2.82. The maximum Gasteiger partial charge on any atom is 0.143 e. The van der Waals surface area contributed by atoms with Crippen LogP contribution in [-0.4, -0.2) is 15.0 Å². The lowest BCUT2D eigenvalue weighted by Gasteiger charge is -1.97. The first-order valence-corrected chi connectivity index (χ1v) is 5.12. The monoisotopic (exact) mass is 206 g/mol. The molecule has 2 rings (SSSR count). The fraction of sp³-hybridized carbons (Fsp3) is 0.222. The normalized spacial score (nSPS) is 12.7. The van der Waals surface area contributed by atoms with E-state index in [9.17, 15) is 0 Å². The zero-order valence-corrected chi connectivity index (χ0v) is 8.53. The molecule has 0 aromatic carbocycles. The summed E-state index contributed by atoms with van der Waals surface area (Å²) < 4.78 is 0. The van der Waals surface area contributed by atoms with E-state index >= 15 is 0 Å². The highest BCUT2D eigenvalue weighted by Crippen LogP contribution is 2.22. The van der Waals surface area contributed by atoms with Gasteiger partial charge in [-0.3, -0.25) is 9.97 Å². The minimum Gasteiger partial charge on any atom is -0.323 e. The van der Waals surface area contributed by atoms with Gasteiger partial charge in [-0.25, -0.2) is 4.98 Å². The van der Waals surface area contributed by atoms with Crippen molar-refractivity contribution < 1.29 is 0 Å². The van der Waals surface area contributed by atoms with Crippen molar-refractivity contribution in [3.8, 4) is 10.7 Å². The van der Waals surface area contributed by atoms with E-state index in [1.54, 1.807) is 18.6 Å². The Morgan fingerprint density at radius 2 is 2.29 bits per heavy atom. The fourth-order valence-electron chi connectivity index (χ4n) is 1.02. The van der Waals surface area contributed by atoms with Gasteiger partial charge in [-0.2, -0.15) is 0 Å². The molecular weight excluding hydrogens is 196 g/mol. The van der Waals surface area contributed by atoms with Gasteiger partial charge in [0, 0.05) is 23.8 Å². The predicted octanol–water partition coefficient (Wildman–Crippen LogP) is 1.62. The Morgan fingerprint density at radius 1 is 1.43 bits per heavy atom. The Hall–Kier alpha value is -1.33. The Bertz CT molecular complexity index is 410. The first-order valence-electron chi connectivity index (χ1n) is 4.25. The van der Waals surface area contributed by atoms with Crippen LogP contribution in [0.1, 0.15) is 18.7 Å². The highest BCUT2D eigenvalue weighted by atomic mass is 32.1. The van der Waals surface area contributed by atoms with Crippen LogP contribution in [0, 0.1) is 0 Å². The van der Waals surface area contributed by atoms with Gasteiger partial charge in [0.2, 0.25) is 0 Å². The number of rotatable bonds is 2. The molecule has 0 saturated carbocycles. The number of aromatic nitrogens is 3. The van der Waals surface area contributed by atoms with Gasteiger partial charge >= 0.3 is 0 Å². The summed E-state index contributed by atoms with van der Waals surface area (Å²) in [5.74, 6) is 0. The quantitative estimate of drug-likeness (QED) is 0.811. The third-order valence-electron chi connectivity index (χ3n) is 1.77. The van der Waals surface area contributed by atoms with Crippen molar-refractivity contribution >= 4 is 11.3 Å². The predicted molar refractivity (Wildman–Crippen MR) is 55.7 cm³/mol. The lowest BCUT2D eigenvalue weighted by Crippen LogP contribution is -2.04. The third-order valence-corrected chi connectivity index (χ3v) is 2.65. The molecule has 72 valence electrons. The molecule has 2 heterocycles. The van der Waals surface area contributed by atoms with Crippen LogP contribution in [0.15, 0.2) is 24.0 Å². The number of hydrogen-bond acceptors (Lipinski definition) is 5. The van der Waals surface area contributed by atoms with Crippen LogP contribution in [0.25, 0.3) is 10.7 Å². The molecule has 0 aliphatic rings. The Labute approximate surface area is 85.9 Å². The fourth-order valence-corrected chi connectivity index (χ4v) is 1.91. The molecule has 0 aliphatic carbocycles. The molecular formula is C9H10N4S. The lowest BCUT2D eigenvalue weighted by molar-refractivity contribution is 0.790. The van der Waals surface area contributed by atoms with E-state index in [0.29, 0.717) is 0 Å². The van der Waals surface area contributed by atoms with Crippen molar-refractivity contribution in [3.05, 3.63) is 29.7 Å². The highest BCUT2D eigenvalue weighted by molar-refractivity contribution is 7.13. The molecule has 0 spiro atoms. The second-order valence-corrected chi connectivity index (χ2v) is 3.81.